The minimum atomic E-state index is -0.254. The van der Waals surface area contributed by atoms with Gasteiger partial charge in [0.1, 0.15) is 6.61 Å². The standard InChI is InChI=1S/C17H34O3/c1-3-4-5-6-7-8-9-10-11-12-13-14-15-20-17(18)16-19-2/h3-16H2,1-2H3. The van der Waals surface area contributed by atoms with Crippen molar-refractivity contribution in [1.29, 1.82) is 0 Å². The molecule has 120 valence electrons. The van der Waals surface area contributed by atoms with E-state index < -0.39 is 0 Å². The molecule has 0 aromatic carbocycles. The van der Waals surface area contributed by atoms with Crippen molar-refractivity contribution in [2.45, 2.75) is 84.0 Å². The molecule has 0 rings (SSSR count). The highest BCUT2D eigenvalue weighted by Crippen LogP contribution is 2.11. The molecule has 0 aromatic heterocycles. The van der Waals surface area contributed by atoms with Crippen molar-refractivity contribution < 1.29 is 14.3 Å². The number of carbonyl (C=O) groups is 1. The third kappa shape index (κ3) is 15.5. The molecule has 0 unspecified atom stereocenters. The van der Waals surface area contributed by atoms with Crippen LogP contribution in [0.3, 0.4) is 0 Å². The maximum Gasteiger partial charge on any atom is 0.332 e. The summed E-state index contributed by atoms with van der Waals surface area (Å²) in [4.78, 5) is 11.0. The number of hydrogen-bond donors (Lipinski definition) is 0. The number of methoxy groups -OCH3 is 1. The summed E-state index contributed by atoms with van der Waals surface area (Å²) in [5.41, 5.74) is 0. The molecule has 20 heavy (non-hydrogen) atoms. The van der Waals surface area contributed by atoms with E-state index in [2.05, 4.69) is 6.92 Å². The van der Waals surface area contributed by atoms with Gasteiger partial charge in [0.25, 0.3) is 0 Å². The Labute approximate surface area is 125 Å². The highest BCUT2D eigenvalue weighted by Gasteiger charge is 2.00. The normalized spacial score (nSPS) is 10.7. The molecule has 0 bridgehead atoms. The minimum absolute atomic E-state index is 0.0677. The topological polar surface area (TPSA) is 35.5 Å². The van der Waals surface area contributed by atoms with Gasteiger partial charge in [-0.15, -0.1) is 0 Å². The lowest BCUT2D eigenvalue weighted by atomic mass is 10.1. The van der Waals surface area contributed by atoms with Crippen molar-refractivity contribution in [3.63, 3.8) is 0 Å². The maximum atomic E-state index is 11.0. The molecule has 0 aromatic rings. The fourth-order valence-corrected chi connectivity index (χ4v) is 2.29. The van der Waals surface area contributed by atoms with Crippen LogP contribution in [0.4, 0.5) is 0 Å². The lowest BCUT2D eigenvalue weighted by Crippen LogP contribution is -2.11. The smallest absolute Gasteiger partial charge is 0.332 e. The zero-order chi connectivity index (χ0) is 14.9. The van der Waals surface area contributed by atoms with Crippen LogP contribution in [-0.2, 0) is 14.3 Å². The van der Waals surface area contributed by atoms with E-state index >= 15 is 0 Å². The first-order chi connectivity index (χ1) is 9.81. The summed E-state index contributed by atoms with van der Waals surface area (Å²) < 4.78 is 9.70. The quantitative estimate of drug-likeness (QED) is 0.318. The Morgan fingerprint density at radius 2 is 1.20 bits per heavy atom. The summed E-state index contributed by atoms with van der Waals surface area (Å²) in [7, 11) is 1.51. The van der Waals surface area contributed by atoms with Gasteiger partial charge in [-0.2, -0.15) is 0 Å². The second-order valence-electron chi connectivity index (χ2n) is 5.54. The molecule has 0 spiro atoms. The summed E-state index contributed by atoms with van der Waals surface area (Å²) in [6.07, 6.45) is 15.8. The molecule has 3 heteroatoms. The van der Waals surface area contributed by atoms with Crippen LogP contribution in [0.15, 0.2) is 0 Å². The van der Waals surface area contributed by atoms with Gasteiger partial charge >= 0.3 is 5.97 Å². The maximum absolute atomic E-state index is 11.0. The van der Waals surface area contributed by atoms with E-state index in [1.54, 1.807) is 0 Å². The van der Waals surface area contributed by atoms with Gasteiger partial charge in [0.05, 0.1) is 6.61 Å². The molecule has 0 amide bonds. The van der Waals surface area contributed by atoms with Gasteiger partial charge in [-0.25, -0.2) is 4.79 Å². The molecule has 0 aliphatic rings. The zero-order valence-corrected chi connectivity index (χ0v) is 13.6. The molecule has 0 atom stereocenters. The number of hydrogen-bond acceptors (Lipinski definition) is 3. The Bertz CT molecular complexity index is 204. The van der Waals surface area contributed by atoms with Crippen LogP contribution >= 0.6 is 0 Å². The van der Waals surface area contributed by atoms with E-state index in [9.17, 15) is 4.79 Å². The fraction of sp³-hybridized carbons (Fsp3) is 0.941. The van der Waals surface area contributed by atoms with Crippen LogP contribution in [0.2, 0.25) is 0 Å². The highest BCUT2D eigenvalue weighted by molar-refractivity contribution is 5.70. The third-order valence-corrected chi connectivity index (χ3v) is 3.52. The highest BCUT2D eigenvalue weighted by atomic mass is 16.6. The molecule has 0 N–H and O–H groups in total. The van der Waals surface area contributed by atoms with Gasteiger partial charge in [0.2, 0.25) is 0 Å². The SMILES string of the molecule is CCCCCCCCCCCCCCOC(=O)COC. The fourth-order valence-electron chi connectivity index (χ4n) is 2.29. The lowest BCUT2D eigenvalue weighted by Gasteiger charge is -2.04. The molecule has 0 radical (unpaired) electrons. The largest absolute Gasteiger partial charge is 0.464 e. The van der Waals surface area contributed by atoms with Gasteiger partial charge < -0.3 is 9.47 Å². The molecule has 0 saturated heterocycles. The molecule has 0 heterocycles. The number of rotatable bonds is 15. The van der Waals surface area contributed by atoms with Crippen molar-refractivity contribution in [3.05, 3.63) is 0 Å². The molecule has 0 aliphatic carbocycles. The van der Waals surface area contributed by atoms with Crippen LogP contribution in [0.5, 0.6) is 0 Å². The van der Waals surface area contributed by atoms with E-state index in [0.717, 1.165) is 12.8 Å². The number of ether oxygens (including phenoxy) is 2. The predicted octanol–water partition coefficient (Wildman–Crippen LogP) is 4.88. The van der Waals surface area contributed by atoms with Gasteiger partial charge in [-0.05, 0) is 6.42 Å². The van der Waals surface area contributed by atoms with Crippen molar-refractivity contribution in [2.24, 2.45) is 0 Å². The first-order valence-electron chi connectivity index (χ1n) is 8.45. The first kappa shape index (κ1) is 19.4. The van der Waals surface area contributed by atoms with Crippen LogP contribution < -0.4 is 0 Å². The van der Waals surface area contributed by atoms with Crippen molar-refractivity contribution in [2.75, 3.05) is 20.3 Å². The van der Waals surface area contributed by atoms with Crippen LogP contribution in [-0.4, -0.2) is 26.3 Å². The average Bonchev–Trinajstić information content (AvgIpc) is 2.44. The molecular formula is C17H34O3. The number of unbranched alkanes of at least 4 members (excludes halogenated alkanes) is 11. The average molecular weight is 286 g/mol. The van der Waals surface area contributed by atoms with E-state index in [4.69, 9.17) is 9.47 Å². The van der Waals surface area contributed by atoms with E-state index in [1.807, 2.05) is 0 Å². The van der Waals surface area contributed by atoms with Gasteiger partial charge in [-0.1, -0.05) is 77.6 Å². The van der Waals surface area contributed by atoms with Crippen LogP contribution in [0.1, 0.15) is 84.0 Å². The Hall–Kier alpha value is -0.570. The molecular weight excluding hydrogens is 252 g/mol. The Morgan fingerprint density at radius 1 is 0.750 bits per heavy atom. The third-order valence-electron chi connectivity index (χ3n) is 3.52. The van der Waals surface area contributed by atoms with Crippen molar-refractivity contribution in [3.8, 4) is 0 Å². The number of esters is 1. The summed E-state index contributed by atoms with van der Waals surface area (Å²) >= 11 is 0. The molecule has 0 saturated carbocycles. The van der Waals surface area contributed by atoms with Crippen LogP contribution in [0.25, 0.3) is 0 Å². The first-order valence-corrected chi connectivity index (χ1v) is 8.45. The minimum Gasteiger partial charge on any atom is -0.464 e. The lowest BCUT2D eigenvalue weighted by molar-refractivity contribution is -0.148. The van der Waals surface area contributed by atoms with Gasteiger partial charge in [0, 0.05) is 7.11 Å². The van der Waals surface area contributed by atoms with Crippen molar-refractivity contribution >= 4 is 5.97 Å². The van der Waals surface area contributed by atoms with Gasteiger partial charge in [-0.3, -0.25) is 0 Å². The summed E-state index contributed by atoms with van der Waals surface area (Å²) in [5, 5.41) is 0. The predicted molar refractivity (Wildman–Crippen MR) is 83.9 cm³/mol. The van der Waals surface area contributed by atoms with E-state index in [0.29, 0.717) is 6.61 Å². The zero-order valence-electron chi connectivity index (χ0n) is 13.6. The monoisotopic (exact) mass is 286 g/mol. The molecule has 3 nitrogen and oxygen atoms in total. The summed E-state index contributed by atoms with van der Waals surface area (Å²) in [6, 6.07) is 0. The van der Waals surface area contributed by atoms with E-state index in [-0.39, 0.29) is 12.6 Å². The second kappa shape index (κ2) is 16.5. The van der Waals surface area contributed by atoms with Gasteiger partial charge in [0.15, 0.2) is 0 Å². The Kier molecular flexibility index (Phi) is 16.0. The molecule has 0 aliphatic heterocycles. The van der Waals surface area contributed by atoms with Crippen molar-refractivity contribution in [1.82, 2.24) is 0 Å². The number of carbonyl (C=O) groups excluding carboxylic acids is 1. The molecule has 0 fully saturated rings. The second-order valence-corrected chi connectivity index (χ2v) is 5.54. The summed E-state index contributed by atoms with van der Waals surface area (Å²) in [5.74, 6) is -0.254. The van der Waals surface area contributed by atoms with E-state index in [1.165, 1.54) is 71.3 Å². The Balaban J connectivity index is 3.01. The summed E-state index contributed by atoms with van der Waals surface area (Å²) in [6.45, 7) is 2.87. The Morgan fingerprint density at radius 3 is 1.65 bits per heavy atom. The van der Waals surface area contributed by atoms with Crippen LogP contribution in [0, 0.1) is 0 Å².